The summed E-state index contributed by atoms with van der Waals surface area (Å²) >= 11 is 3.19. The molecule has 5 heteroatoms. The van der Waals surface area contributed by atoms with E-state index in [9.17, 15) is 9.18 Å². The number of anilines is 1. The molecule has 0 spiro atoms. The van der Waals surface area contributed by atoms with Crippen molar-refractivity contribution >= 4 is 27.6 Å². The molecule has 0 unspecified atom stereocenters. The molecule has 82 valence electrons. The molecule has 0 atom stereocenters. The summed E-state index contributed by atoms with van der Waals surface area (Å²) in [7, 11) is 0. The van der Waals surface area contributed by atoms with Crippen LogP contribution in [0, 0.1) is 5.82 Å². The second-order valence-corrected chi connectivity index (χ2v) is 4.59. The summed E-state index contributed by atoms with van der Waals surface area (Å²) in [5, 5.41) is 11.5. The Morgan fingerprint density at radius 2 is 2.13 bits per heavy atom. The van der Waals surface area contributed by atoms with Crippen molar-refractivity contribution in [3.8, 4) is 0 Å². The Hall–Kier alpha value is -1.10. The van der Waals surface area contributed by atoms with E-state index in [2.05, 4.69) is 21.2 Å². The van der Waals surface area contributed by atoms with Crippen LogP contribution in [0.4, 0.5) is 10.1 Å². The summed E-state index contributed by atoms with van der Waals surface area (Å²) in [6, 6.07) is 4.32. The van der Waals surface area contributed by atoms with Crippen molar-refractivity contribution in [2.45, 2.75) is 19.4 Å². The van der Waals surface area contributed by atoms with Crippen molar-refractivity contribution < 1.29 is 14.3 Å². The smallest absolute Gasteiger partial charge is 0.328 e. The Morgan fingerprint density at radius 1 is 1.53 bits per heavy atom. The van der Waals surface area contributed by atoms with E-state index in [0.717, 1.165) is 0 Å². The molecule has 0 aliphatic rings. The van der Waals surface area contributed by atoms with Gasteiger partial charge in [-0.15, -0.1) is 0 Å². The van der Waals surface area contributed by atoms with Crippen LogP contribution in [0.15, 0.2) is 22.7 Å². The summed E-state index contributed by atoms with van der Waals surface area (Å²) in [5.41, 5.74) is -1.04. The first-order valence-corrected chi connectivity index (χ1v) is 5.09. The summed E-state index contributed by atoms with van der Waals surface area (Å²) in [6.45, 7) is 2.94. The first kappa shape index (κ1) is 12.0. The lowest BCUT2D eigenvalue weighted by atomic mass is 10.1. The van der Waals surface area contributed by atoms with Crippen LogP contribution < -0.4 is 5.32 Å². The van der Waals surface area contributed by atoms with Gasteiger partial charge in [0.25, 0.3) is 0 Å². The minimum absolute atomic E-state index is 0.164. The fourth-order valence-corrected chi connectivity index (χ4v) is 1.34. The SMILES string of the molecule is CC(C)(Nc1cc(Br)ccc1F)C(=O)O. The Bertz CT molecular complexity index is 393. The van der Waals surface area contributed by atoms with E-state index < -0.39 is 17.3 Å². The average molecular weight is 276 g/mol. The second-order valence-electron chi connectivity index (χ2n) is 3.68. The third kappa shape index (κ3) is 2.92. The molecule has 2 N–H and O–H groups in total. The Morgan fingerprint density at radius 3 is 2.67 bits per heavy atom. The molecule has 1 aromatic rings. The van der Waals surface area contributed by atoms with Gasteiger partial charge in [-0.3, -0.25) is 0 Å². The van der Waals surface area contributed by atoms with Gasteiger partial charge in [0.05, 0.1) is 5.69 Å². The van der Waals surface area contributed by atoms with Gasteiger partial charge < -0.3 is 10.4 Å². The summed E-state index contributed by atoms with van der Waals surface area (Å²) in [6.07, 6.45) is 0. The van der Waals surface area contributed by atoms with Crippen LogP contribution >= 0.6 is 15.9 Å². The molecule has 3 nitrogen and oxygen atoms in total. The third-order valence-electron chi connectivity index (χ3n) is 1.91. The normalized spacial score (nSPS) is 11.2. The van der Waals surface area contributed by atoms with Crippen LogP contribution in [-0.4, -0.2) is 16.6 Å². The zero-order valence-corrected chi connectivity index (χ0v) is 9.93. The van der Waals surface area contributed by atoms with E-state index in [4.69, 9.17) is 5.11 Å². The monoisotopic (exact) mass is 275 g/mol. The van der Waals surface area contributed by atoms with Crippen LogP contribution in [0.2, 0.25) is 0 Å². The van der Waals surface area contributed by atoms with E-state index >= 15 is 0 Å². The van der Waals surface area contributed by atoms with Crippen molar-refractivity contribution in [2.24, 2.45) is 0 Å². The lowest BCUT2D eigenvalue weighted by Gasteiger charge is -2.22. The average Bonchev–Trinajstić information content (AvgIpc) is 2.10. The number of hydrogen-bond acceptors (Lipinski definition) is 2. The first-order chi connectivity index (χ1) is 6.83. The highest BCUT2D eigenvalue weighted by Crippen LogP contribution is 2.23. The molecule has 0 fully saturated rings. The molecule has 0 aliphatic heterocycles. The van der Waals surface area contributed by atoms with Crippen molar-refractivity contribution in [3.05, 3.63) is 28.5 Å². The lowest BCUT2D eigenvalue weighted by molar-refractivity contribution is -0.141. The largest absolute Gasteiger partial charge is 0.480 e. The van der Waals surface area contributed by atoms with Crippen molar-refractivity contribution in [1.29, 1.82) is 0 Å². The van der Waals surface area contributed by atoms with Gasteiger partial charge in [0.2, 0.25) is 0 Å². The number of nitrogens with one attached hydrogen (secondary N) is 1. The molecule has 0 radical (unpaired) electrons. The third-order valence-corrected chi connectivity index (χ3v) is 2.40. The van der Waals surface area contributed by atoms with E-state index in [1.807, 2.05) is 0 Å². The number of carboxylic acids is 1. The molecule has 1 aromatic carbocycles. The quantitative estimate of drug-likeness (QED) is 0.892. The molecule has 0 heterocycles. The van der Waals surface area contributed by atoms with Crippen LogP contribution in [0.1, 0.15) is 13.8 Å². The minimum Gasteiger partial charge on any atom is -0.480 e. The van der Waals surface area contributed by atoms with Crippen molar-refractivity contribution in [3.63, 3.8) is 0 Å². The first-order valence-electron chi connectivity index (χ1n) is 4.29. The molecule has 0 aromatic heterocycles. The zero-order chi connectivity index (χ0) is 11.6. The maximum Gasteiger partial charge on any atom is 0.328 e. The van der Waals surface area contributed by atoms with Crippen LogP contribution in [0.5, 0.6) is 0 Å². The van der Waals surface area contributed by atoms with Gasteiger partial charge in [-0.05, 0) is 32.0 Å². The van der Waals surface area contributed by atoms with E-state index in [1.54, 1.807) is 6.07 Å². The minimum atomic E-state index is -1.21. The predicted octanol–water partition coefficient (Wildman–Crippen LogP) is 2.86. The van der Waals surface area contributed by atoms with Gasteiger partial charge in [-0.25, -0.2) is 9.18 Å². The van der Waals surface area contributed by atoms with Crippen molar-refractivity contribution in [1.82, 2.24) is 0 Å². The fourth-order valence-electron chi connectivity index (χ4n) is 0.983. The van der Waals surface area contributed by atoms with Gasteiger partial charge in [0.1, 0.15) is 11.4 Å². The molecule has 0 aliphatic carbocycles. The maximum absolute atomic E-state index is 13.3. The predicted molar refractivity (Wildman–Crippen MR) is 59.4 cm³/mol. The second kappa shape index (κ2) is 4.18. The molecule has 0 amide bonds. The Kier molecular flexibility index (Phi) is 3.34. The van der Waals surface area contributed by atoms with Gasteiger partial charge in [-0.1, -0.05) is 15.9 Å². The zero-order valence-electron chi connectivity index (χ0n) is 8.34. The standard InChI is InChI=1S/C10H11BrFNO2/c1-10(2,9(14)15)13-8-5-6(11)3-4-7(8)12/h3-5,13H,1-2H3,(H,14,15). The number of rotatable bonds is 3. The number of carbonyl (C=O) groups is 1. The highest BCUT2D eigenvalue weighted by Gasteiger charge is 2.27. The van der Waals surface area contributed by atoms with E-state index in [-0.39, 0.29) is 5.69 Å². The maximum atomic E-state index is 13.3. The van der Waals surface area contributed by atoms with Gasteiger partial charge in [-0.2, -0.15) is 0 Å². The lowest BCUT2D eigenvalue weighted by Crippen LogP contribution is -2.40. The number of halogens is 2. The number of hydrogen-bond donors (Lipinski definition) is 2. The molecular formula is C10H11BrFNO2. The van der Waals surface area contributed by atoms with Gasteiger partial charge >= 0.3 is 5.97 Å². The Labute approximate surface area is 95.4 Å². The van der Waals surface area contributed by atoms with Gasteiger partial charge in [0, 0.05) is 4.47 Å². The van der Waals surface area contributed by atoms with E-state index in [1.165, 1.54) is 26.0 Å². The fraction of sp³-hybridized carbons (Fsp3) is 0.300. The van der Waals surface area contributed by atoms with Crippen LogP contribution in [0.25, 0.3) is 0 Å². The topological polar surface area (TPSA) is 49.3 Å². The van der Waals surface area contributed by atoms with Crippen molar-refractivity contribution in [2.75, 3.05) is 5.32 Å². The molecule has 0 saturated heterocycles. The van der Waals surface area contributed by atoms with Gasteiger partial charge in [0.15, 0.2) is 0 Å². The van der Waals surface area contributed by atoms with Crippen LogP contribution in [0.3, 0.4) is 0 Å². The summed E-state index contributed by atoms with van der Waals surface area (Å²) in [4.78, 5) is 10.8. The molecule has 0 bridgehead atoms. The number of aliphatic carboxylic acids is 1. The van der Waals surface area contributed by atoms with E-state index in [0.29, 0.717) is 4.47 Å². The number of carboxylic acid groups (broad SMARTS) is 1. The molecule has 1 rings (SSSR count). The highest BCUT2D eigenvalue weighted by molar-refractivity contribution is 9.10. The highest BCUT2D eigenvalue weighted by atomic mass is 79.9. The molecule has 15 heavy (non-hydrogen) atoms. The number of benzene rings is 1. The molecular weight excluding hydrogens is 265 g/mol. The van der Waals surface area contributed by atoms with Crippen LogP contribution in [-0.2, 0) is 4.79 Å². The Balaban J connectivity index is 2.99. The molecule has 0 saturated carbocycles. The summed E-state index contributed by atoms with van der Waals surface area (Å²) in [5.74, 6) is -1.52. The summed E-state index contributed by atoms with van der Waals surface area (Å²) < 4.78 is 14.0.